The quantitative estimate of drug-likeness (QED) is 0.284. The molecule has 1 fully saturated rings. The van der Waals surface area contributed by atoms with Gasteiger partial charge in [-0.05, 0) is 12.8 Å². The Bertz CT molecular complexity index is 539. The molecule has 0 saturated carbocycles. The number of hydrogen-bond acceptors (Lipinski definition) is 8. The molecule has 120 valence electrons. The number of rotatable bonds is 5. The summed E-state index contributed by atoms with van der Waals surface area (Å²) in [5.74, 6) is -3.41. The van der Waals surface area contributed by atoms with Crippen molar-refractivity contribution in [2.45, 2.75) is 36.3 Å². The molecule has 3 atom stereocenters. The zero-order valence-corrected chi connectivity index (χ0v) is 13.5. The second-order valence-electron chi connectivity index (χ2n) is 5.14. The van der Waals surface area contributed by atoms with Crippen molar-refractivity contribution in [3.05, 3.63) is 0 Å². The average Bonchev–Trinajstić information content (AvgIpc) is 2.20. The summed E-state index contributed by atoms with van der Waals surface area (Å²) < 4.78 is 44.6. The Morgan fingerprint density at radius 1 is 1.45 bits per heavy atom. The van der Waals surface area contributed by atoms with E-state index < -0.39 is 48.1 Å². The Kier molecular flexibility index (Phi) is 5.50. The zero-order valence-electron chi connectivity index (χ0n) is 10.9. The van der Waals surface area contributed by atoms with Crippen molar-refractivity contribution < 1.29 is 27.0 Å². The highest BCUT2D eigenvalue weighted by Crippen LogP contribution is 2.32. The maximum atomic E-state index is 11.8. The summed E-state index contributed by atoms with van der Waals surface area (Å²) in [6.07, 6.45) is 0.116. The predicted molar refractivity (Wildman–Crippen MR) is 77.0 cm³/mol. The molecule has 1 aliphatic heterocycles. The van der Waals surface area contributed by atoms with E-state index in [0.29, 0.717) is 0 Å². The Labute approximate surface area is 124 Å². The van der Waals surface area contributed by atoms with Crippen LogP contribution in [0.5, 0.6) is 0 Å². The average molecular weight is 348 g/mol. The number of nitrogens with two attached hydrogens (primary N) is 1. The molecule has 1 aliphatic rings. The van der Waals surface area contributed by atoms with Gasteiger partial charge in [-0.3, -0.25) is 5.32 Å². The number of nitrogens with one attached hydrogen (secondary N) is 1. The largest absolute Gasteiger partial charge is 0.354 e. The second-order valence-corrected chi connectivity index (χ2v) is 10.0. The van der Waals surface area contributed by atoms with Gasteiger partial charge in [0.15, 0.2) is 9.84 Å². The van der Waals surface area contributed by atoms with Gasteiger partial charge in [-0.15, -0.1) is 0 Å². The van der Waals surface area contributed by atoms with Crippen molar-refractivity contribution in [3.8, 4) is 0 Å². The molecule has 5 N–H and O–H groups in total. The Hall–Kier alpha value is 0.0900. The fourth-order valence-electron chi connectivity index (χ4n) is 2.27. The highest BCUT2D eigenvalue weighted by Gasteiger charge is 2.42. The summed E-state index contributed by atoms with van der Waals surface area (Å²) >= 11 is 4.05. The fraction of sp³-hybridized carbons (Fsp3) is 1.00. The summed E-state index contributed by atoms with van der Waals surface area (Å²) in [5, 5.41) is 26.1. The zero-order chi connectivity index (χ0) is 15.8. The lowest BCUT2D eigenvalue weighted by atomic mass is 9.95. The van der Waals surface area contributed by atoms with E-state index in [1.54, 1.807) is 0 Å². The van der Waals surface area contributed by atoms with Crippen LogP contribution < -0.4 is 10.5 Å². The molecule has 0 aliphatic carbocycles. The second kappa shape index (κ2) is 6.07. The molecule has 1 heterocycles. The topological polar surface area (TPSA) is 147 Å². The third kappa shape index (κ3) is 5.47. The molecular formula is C9H20N2O6S3. The first-order chi connectivity index (χ1) is 8.82. The van der Waals surface area contributed by atoms with Crippen molar-refractivity contribution in [2.24, 2.45) is 11.1 Å². The summed E-state index contributed by atoms with van der Waals surface area (Å²) in [6.45, 7) is 1.10. The number of primary sulfonamides is 1. The standard InChI is InChI=1S/C9H20N2O6S3/c1-9(12,13)11-7-3-4-19(14,15)8(18)6(7)2-5-20(10,16)17/h6-8,11-13,18H,2-5H2,1H3,(H2,10,16,17). The van der Waals surface area contributed by atoms with E-state index in [-0.39, 0.29) is 18.6 Å². The first-order valence-corrected chi connectivity index (χ1v) is 9.89. The van der Waals surface area contributed by atoms with Crippen molar-refractivity contribution in [1.29, 1.82) is 0 Å². The van der Waals surface area contributed by atoms with E-state index in [1.807, 2.05) is 0 Å². The van der Waals surface area contributed by atoms with E-state index in [1.165, 1.54) is 0 Å². The van der Waals surface area contributed by atoms with E-state index >= 15 is 0 Å². The minimum absolute atomic E-state index is 0.0278. The summed E-state index contributed by atoms with van der Waals surface area (Å²) in [7, 11) is -7.17. The molecule has 0 aromatic heterocycles. The molecule has 8 nitrogen and oxygen atoms in total. The summed E-state index contributed by atoms with van der Waals surface area (Å²) in [5.41, 5.74) is 0. The third-order valence-corrected chi connectivity index (χ3v) is 7.20. The van der Waals surface area contributed by atoms with Crippen LogP contribution in [0.4, 0.5) is 0 Å². The van der Waals surface area contributed by atoms with Gasteiger partial charge in [0.05, 0.1) is 11.5 Å². The molecule has 20 heavy (non-hydrogen) atoms. The smallest absolute Gasteiger partial charge is 0.219 e. The normalized spacial score (nSPS) is 31.1. The first-order valence-electron chi connectivity index (χ1n) is 5.94. The fourth-order valence-corrected chi connectivity index (χ4v) is 5.22. The van der Waals surface area contributed by atoms with Crippen LogP contribution in [0.25, 0.3) is 0 Å². The number of thiol groups is 1. The van der Waals surface area contributed by atoms with Gasteiger partial charge < -0.3 is 10.2 Å². The third-order valence-electron chi connectivity index (χ3n) is 3.16. The number of sulfonamides is 1. The van der Waals surface area contributed by atoms with Crippen LogP contribution in [0.1, 0.15) is 19.8 Å². The maximum absolute atomic E-state index is 11.8. The molecule has 0 radical (unpaired) electrons. The number of sulfone groups is 1. The first kappa shape index (κ1) is 18.1. The van der Waals surface area contributed by atoms with Crippen LogP contribution in [0.3, 0.4) is 0 Å². The summed E-state index contributed by atoms with van der Waals surface area (Å²) in [6, 6.07) is -0.581. The molecular weight excluding hydrogens is 328 g/mol. The van der Waals surface area contributed by atoms with Gasteiger partial charge in [-0.2, -0.15) is 12.6 Å². The van der Waals surface area contributed by atoms with Crippen LogP contribution in [0.2, 0.25) is 0 Å². The van der Waals surface area contributed by atoms with Crippen LogP contribution >= 0.6 is 12.6 Å². The molecule has 1 rings (SSSR count). The van der Waals surface area contributed by atoms with Crippen LogP contribution in [-0.4, -0.2) is 55.1 Å². The van der Waals surface area contributed by atoms with Crippen molar-refractivity contribution in [1.82, 2.24) is 5.32 Å². The minimum Gasteiger partial charge on any atom is -0.354 e. The van der Waals surface area contributed by atoms with Gasteiger partial charge in [-0.1, -0.05) is 0 Å². The van der Waals surface area contributed by atoms with Gasteiger partial charge >= 0.3 is 0 Å². The minimum atomic E-state index is -3.73. The lowest BCUT2D eigenvalue weighted by Crippen LogP contribution is -2.56. The molecule has 0 aromatic carbocycles. The summed E-state index contributed by atoms with van der Waals surface area (Å²) in [4.78, 5) is 0. The molecule has 0 spiro atoms. The number of aliphatic hydroxyl groups is 2. The molecule has 3 unspecified atom stereocenters. The lowest BCUT2D eigenvalue weighted by Gasteiger charge is -2.38. The van der Waals surface area contributed by atoms with Gasteiger partial charge in [0.1, 0.15) is 4.58 Å². The monoisotopic (exact) mass is 348 g/mol. The van der Waals surface area contributed by atoms with Crippen molar-refractivity contribution in [2.75, 3.05) is 11.5 Å². The van der Waals surface area contributed by atoms with Crippen molar-refractivity contribution in [3.63, 3.8) is 0 Å². The Morgan fingerprint density at radius 3 is 2.45 bits per heavy atom. The van der Waals surface area contributed by atoms with E-state index in [2.05, 4.69) is 17.9 Å². The van der Waals surface area contributed by atoms with Crippen LogP contribution in [0, 0.1) is 5.92 Å². The SMILES string of the molecule is CC(O)(O)NC1CCS(=O)(=O)C(S)C1CCS(N)(=O)=O. The van der Waals surface area contributed by atoms with E-state index in [9.17, 15) is 27.0 Å². The molecule has 0 bridgehead atoms. The van der Waals surface area contributed by atoms with Crippen LogP contribution in [0.15, 0.2) is 0 Å². The van der Waals surface area contributed by atoms with Crippen LogP contribution in [-0.2, 0) is 19.9 Å². The van der Waals surface area contributed by atoms with Gasteiger partial charge in [0.25, 0.3) is 0 Å². The van der Waals surface area contributed by atoms with Gasteiger partial charge in [0, 0.05) is 18.9 Å². The van der Waals surface area contributed by atoms with Crippen molar-refractivity contribution >= 4 is 32.5 Å². The predicted octanol–water partition coefficient (Wildman–Crippen LogP) is -2.03. The highest BCUT2D eigenvalue weighted by molar-refractivity contribution is 8.05. The molecule has 11 heteroatoms. The Balaban J connectivity index is 2.92. The molecule has 1 saturated heterocycles. The Morgan fingerprint density at radius 2 is 2.00 bits per heavy atom. The molecule has 0 amide bonds. The lowest BCUT2D eigenvalue weighted by molar-refractivity contribution is -0.178. The molecule has 0 aromatic rings. The van der Waals surface area contributed by atoms with Gasteiger partial charge in [-0.25, -0.2) is 22.0 Å². The van der Waals surface area contributed by atoms with Gasteiger partial charge in [0.2, 0.25) is 15.9 Å². The highest BCUT2D eigenvalue weighted by atomic mass is 32.2. The van der Waals surface area contributed by atoms with E-state index in [0.717, 1.165) is 6.92 Å². The number of hydrogen-bond donors (Lipinski definition) is 5. The maximum Gasteiger partial charge on any atom is 0.219 e. The van der Waals surface area contributed by atoms with E-state index in [4.69, 9.17) is 5.14 Å².